The molecular formula is C10H25NO2Si. The molecule has 0 aromatic heterocycles. The molecule has 3 nitrogen and oxygen atoms in total. The molecule has 0 aliphatic heterocycles. The summed E-state index contributed by atoms with van der Waals surface area (Å²) in [7, 11) is -1.50. The Morgan fingerprint density at radius 1 is 1.00 bits per heavy atom. The van der Waals surface area contributed by atoms with Gasteiger partial charge in [-0.15, -0.1) is 0 Å². The first-order chi connectivity index (χ1) is 6.71. The lowest BCUT2D eigenvalue weighted by atomic mass is 10.5. The zero-order valence-electron chi connectivity index (χ0n) is 10.2. The molecule has 0 fully saturated rings. The summed E-state index contributed by atoms with van der Waals surface area (Å²) >= 11 is 0. The number of hydrogen-bond acceptors (Lipinski definition) is 3. The molecule has 0 N–H and O–H groups in total. The van der Waals surface area contributed by atoms with Crippen molar-refractivity contribution >= 4 is 9.28 Å². The lowest BCUT2D eigenvalue weighted by Crippen LogP contribution is -2.47. The standard InChI is InChI=1S/C10H25NO2Si/c1-6-11(7-2)10(5)14(12-8-3)13-9-4/h10,14H,6-9H2,1-5H3. The van der Waals surface area contributed by atoms with Crippen LogP contribution in [0.5, 0.6) is 0 Å². The Bertz CT molecular complexity index is 125. The van der Waals surface area contributed by atoms with E-state index in [0.717, 1.165) is 26.3 Å². The Morgan fingerprint density at radius 3 is 1.71 bits per heavy atom. The van der Waals surface area contributed by atoms with Gasteiger partial charge in [0.2, 0.25) is 0 Å². The molecule has 0 bridgehead atoms. The second-order valence-corrected chi connectivity index (χ2v) is 5.61. The summed E-state index contributed by atoms with van der Waals surface area (Å²) in [5, 5.41) is 0. The van der Waals surface area contributed by atoms with E-state index >= 15 is 0 Å². The fourth-order valence-corrected chi connectivity index (χ4v) is 3.70. The minimum atomic E-state index is -1.50. The molecule has 86 valence electrons. The molecule has 0 amide bonds. The summed E-state index contributed by atoms with van der Waals surface area (Å²) in [6.07, 6.45) is 0. The van der Waals surface area contributed by atoms with Gasteiger partial charge in [0.05, 0.1) is 0 Å². The van der Waals surface area contributed by atoms with Gasteiger partial charge in [-0.1, -0.05) is 13.8 Å². The molecule has 1 atom stereocenters. The first-order valence-corrected chi connectivity index (χ1v) is 7.29. The van der Waals surface area contributed by atoms with Gasteiger partial charge in [-0.3, -0.25) is 4.90 Å². The fraction of sp³-hybridized carbons (Fsp3) is 1.00. The monoisotopic (exact) mass is 219 g/mol. The first-order valence-electron chi connectivity index (χ1n) is 5.68. The molecule has 0 aliphatic rings. The molecule has 0 saturated heterocycles. The highest BCUT2D eigenvalue weighted by Crippen LogP contribution is 2.05. The van der Waals surface area contributed by atoms with E-state index in [1.54, 1.807) is 0 Å². The van der Waals surface area contributed by atoms with E-state index in [1.807, 2.05) is 13.8 Å². The van der Waals surface area contributed by atoms with E-state index in [-0.39, 0.29) is 0 Å². The zero-order valence-corrected chi connectivity index (χ0v) is 11.4. The van der Waals surface area contributed by atoms with E-state index in [0.29, 0.717) is 5.67 Å². The van der Waals surface area contributed by atoms with Gasteiger partial charge < -0.3 is 8.85 Å². The molecule has 0 spiro atoms. The molecule has 0 aromatic carbocycles. The van der Waals surface area contributed by atoms with Crippen LogP contribution in [0.15, 0.2) is 0 Å². The molecule has 0 rings (SSSR count). The number of nitrogens with zero attached hydrogens (tertiary/aromatic N) is 1. The lowest BCUT2D eigenvalue weighted by molar-refractivity contribution is 0.164. The van der Waals surface area contributed by atoms with Crippen molar-refractivity contribution in [3.8, 4) is 0 Å². The quantitative estimate of drug-likeness (QED) is 0.578. The summed E-state index contributed by atoms with van der Waals surface area (Å²) in [5.74, 6) is 0. The van der Waals surface area contributed by atoms with E-state index in [9.17, 15) is 0 Å². The van der Waals surface area contributed by atoms with Crippen LogP contribution in [0.3, 0.4) is 0 Å². The maximum Gasteiger partial charge on any atom is 0.338 e. The third kappa shape index (κ3) is 4.55. The van der Waals surface area contributed by atoms with Crippen molar-refractivity contribution < 1.29 is 8.85 Å². The van der Waals surface area contributed by atoms with Crippen LogP contribution in [0, 0.1) is 0 Å². The normalized spacial score (nSPS) is 13.9. The SMILES string of the molecule is CCO[SiH](OCC)C(C)N(CC)CC. The Balaban J connectivity index is 4.16. The van der Waals surface area contributed by atoms with Crippen LogP contribution in [0.4, 0.5) is 0 Å². The van der Waals surface area contributed by atoms with E-state index in [1.165, 1.54) is 0 Å². The maximum atomic E-state index is 5.70. The summed E-state index contributed by atoms with van der Waals surface area (Å²) in [6, 6.07) is 0. The van der Waals surface area contributed by atoms with Crippen molar-refractivity contribution in [3.63, 3.8) is 0 Å². The predicted molar refractivity (Wildman–Crippen MR) is 62.8 cm³/mol. The van der Waals surface area contributed by atoms with Crippen molar-refractivity contribution in [2.24, 2.45) is 0 Å². The van der Waals surface area contributed by atoms with Gasteiger partial charge in [-0.25, -0.2) is 0 Å². The van der Waals surface area contributed by atoms with Crippen molar-refractivity contribution in [3.05, 3.63) is 0 Å². The third-order valence-corrected chi connectivity index (χ3v) is 4.98. The van der Waals surface area contributed by atoms with E-state index in [2.05, 4.69) is 25.7 Å². The summed E-state index contributed by atoms with van der Waals surface area (Å²) in [4.78, 5) is 2.40. The Kier molecular flexibility index (Phi) is 8.47. The molecule has 0 radical (unpaired) electrons. The molecule has 0 aromatic rings. The molecule has 14 heavy (non-hydrogen) atoms. The largest absolute Gasteiger partial charge is 0.396 e. The van der Waals surface area contributed by atoms with Crippen LogP contribution in [0.25, 0.3) is 0 Å². The van der Waals surface area contributed by atoms with Gasteiger partial charge in [-0.2, -0.15) is 0 Å². The molecular weight excluding hydrogens is 194 g/mol. The topological polar surface area (TPSA) is 21.7 Å². The Morgan fingerprint density at radius 2 is 1.43 bits per heavy atom. The van der Waals surface area contributed by atoms with Crippen LogP contribution in [0.1, 0.15) is 34.6 Å². The minimum absolute atomic E-state index is 0.463. The van der Waals surface area contributed by atoms with Crippen LogP contribution >= 0.6 is 0 Å². The highest BCUT2D eigenvalue weighted by Gasteiger charge is 2.25. The summed E-state index contributed by atoms with van der Waals surface area (Å²) < 4.78 is 11.4. The van der Waals surface area contributed by atoms with E-state index < -0.39 is 9.28 Å². The van der Waals surface area contributed by atoms with Gasteiger partial charge in [0.25, 0.3) is 0 Å². The predicted octanol–water partition coefficient (Wildman–Crippen LogP) is 1.55. The molecule has 0 heterocycles. The van der Waals surface area contributed by atoms with Crippen molar-refractivity contribution in [1.82, 2.24) is 4.90 Å². The van der Waals surface area contributed by atoms with Gasteiger partial charge >= 0.3 is 9.28 Å². The Hall–Kier alpha value is 0.0969. The Labute approximate surface area is 90.2 Å². The molecule has 0 aliphatic carbocycles. The average Bonchev–Trinajstić information content (AvgIpc) is 2.19. The zero-order chi connectivity index (χ0) is 11.0. The molecule has 4 heteroatoms. The summed E-state index contributed by atoms with van der Waals surface area (Å²) in [6.45, 7) is 14.3. The van der Waals surface area contributed by atoms with Gasteiger partial charge in [0.15, 0.2) is 0 Å². The van der Waals surface area contributed by atoms with Gasteiger partial charge in [0.1, 0.15) is 0 Å². The molecule has 0 saturated carbocycles. The maximum absolute atomic E-state index is 5.70. The lowest BCUT2D eigenvalue weighted by Gasteiger charge is -2.30. The first kappa shape index (κ1) is 14.1. The average molecular weight is 219 g/mol. The van der Waals surface area contributed by atoms with E-state index in [4.69, 9.17) is 8.85 Å². The van der Waals surface area contributed by atoms with Gasteiger partial charge in [-0.05, 0) is 33.9 Å². The fourth-order valence-electron chi connectivity index (χ4n) is 1.63. The highest BCUT2D eigenvalue weighted by molar-refractivity contribution is 6.46. The third-order valence-electron chi connectivity index (χ3n) is 2.44. The van der Waals surface area contributed by atoms with Crippen molar-refractivity contribution in [2.45, 2.75) is 40.3 Å². The second-order valence-electron chi connectivity index (χ2n) is 3.24. The van der Waals surface area contributed by atoms with Crippen LogP contribution in [-0.2, 0) is 8.85 Å². The smallest absolute Gasteiger partial charge is 0.338 e. The van der Waals surface area contributed by atoms with Crippen molar-refractivity contribution in [2.75, 3.05) is 26.3 Å². The van der Waals surface area contributed by atoms with Crippen LogP contribution in [-0.4, -0.2) is 46.2 Å². The molecule has 1 unspecified atom stereocenters. The highest BCUT2D eigenvalue weighted by atomic mass is 28.3. The van der Waals surface area contributed by atoms with Crippen LogP contribution in [0.2, 0.25) is 0 Å². The minimum Gasteiger partial charge on any atom is -0.396 e. The van der Waals surface area contributed by atoms with Crippen molar-refractivity contribution in [1.29, 1.82) is 0 Å². The number of hydrogen-bond donors (Lipinski definition) is 0. The second kappa shape index (κ2) is 8.41. The number of rotatable bonds is 8. The van der Waals surface area contributed by atoms with Gasteiger partial charge in [0, 0.05) is 18.9 Å². The van der Waals surface area contributed by atoms with Crippen LogP contribution < -0.4 is 0 Å². The summed E-state index contributed by atoms with van der Waals surface area (Å²) in [5.41, 5.74) is 0.463.